The molecule has 0 radical (unpaired) electrons. The summed E-state index contributed by atoms with van der Waals surface area (Å²) in [5, 5.41) is 10.6. The van der Waals surface area contributed by atoms with Gasteiger partial charge in [-0.2, -0.15) is 0 Å². The number of unbranched alkanes of at least 4 members (excludes halogenated alkanes) is 1. The van der Waals surface area contributed by atoms with Crippen molar-refractivity contribution in [2.75, 3.05) is 7.11 Å². The minimum atomic E-state index is -1.20. The molecule has 1 aliphatic heterocycles. The minimum Gasteiger partial charge on any atom is -0.512 e. The molecule has 0 bridgehead atoms. The zero-order valence-corrected chi connectivity index (χ0v) is 15.3. The van der Waals surface area contributed by atoms with E-state index >= 15 is 0 Å². The number of carbonyl (C=O) groups is 2. The standard InChI is InChI=1S/C19H30O5/c1-5-6-9-18(2,3)10-8-15(20)13-7-11-19(17(22)23-4)14(13)12-16(21)24-19/h8,13-14,20H,5-7,9-12H2,1-4H3/t13-,14+,19+/m0/s1. The smallest absolute Gasteiger partial charge is 0.350 e. The summed E-state index contributed by atoms with van der Waals surface area (Å²) in [7, 11) is 1.31. The van der Waals surface area contributed by atoms with E-state index in [1.165, 1.54) is 13.5 Å². The lowest BCUT2D eigenvalue weighted by molar-refractivity contribution is -0.173. The average Bonchev–Trinajstić information content (AvgIpc) is 3.05. The van der Waals surface area contributed by atoms with E-state index in [-0.39, 0.29) is 35.4 Å². The van der Waals surface area contributed by atoms with Crippen molar-refractivity contribution in [2.45, 2.75) is 71.3 Å². The van der Waals surface area contributed by atoms with Crippen molar-refractivity contribution < 1.29 is 24.2 Å². The Morgan fingerprint density at radius 1 is 1.50 bits per heavy atom. The summed E-state index contributed by atoms with van der Waals surface area (Å²) in [4.78, 5) is 23.9. The second kappa shape index (κ2) is 7.16. The van der Waals surface area contributed by atoms with Crippen LogP contribution in [0.4, 0.5) is 0 Å². The summed E-state index contributed by atoms with van der Waals surface area (Å²) >= 11 is 0. The number of allylic oxidation sites excluding steroid dienone is 2. The molecule has 1 saturated carbocycles. The first-order valence-electron chi connectivity index (χ1n) is 8.95. The van der Waals surface area contributed by atoms with Gasteiger partial charge in [-0.25, -0.2) is 4.79 Å². The molecule has 2 aliphatic rings. The highest BCUT2D eigenvalue weighted by atomic mass is 16.6. The number of aliphatic hydroxyl groups excluding tert-OH is 1. The molecule has 24 heavy (non-hydrogen) atoms. The summed E-state index contributed by atoms with van der Waals surface area (Å²) < 4.78 is 10.2. The summed E-state index contributed by atoms with van der Waals surface area (Å²) in [6.07, 6.45) is 7.29. The highest BCUT2D eigenvalue weighted by Crippen LogP contribution is 2.52. The van der Waals surface area contributed by atoms with Crippen molar-refractivity contribution in [3.63, 3.8) is 0 Å². The van der Waals surface area contributed by atoms with E-state index in [9.17, 15) is 14.7 Å². The summed E-state index contributed by atoms with van der Waals surface area (Å²) in [5.41, 5.74) is -1.07. The van der Waals surface area contributed by atoms with Crippen molar-refractivity contribution in [1.29, 1.82) is 0 Å². The van der Waals surface area contributed by atoms with Gasteiger partial charge in [-0.1, -0.05) is 33.6 Å². The number of hydrogen-bond donors (Lipinski definition) is 1. The molecule has 1 aliphatic carbocycles. The molecule has 0 aromatic heterocycles. The monoisotopic (exact) mass is 338 g/mol. The second-order valence-corrected chi connectivity index (χ2v) is 7.91. The maximum atomic E-state index is 12.2. The van der Waals surface area contributed by atoms with Gasteiger partial charge in [-0.3, -0.25) is 4.79 Å². The van der Waals surface area contributed by atoms with Crippen LogP contribution in [0.1, 0.15) is 65.7 Å². The van der Waals surface area contributed by atoms with E-state index < -0.39 is 11.6 Å². The van der Waals surface area contributed by atoms with Crippen LogP contribution in [-0.2, 0) is 19.1 Å². The fourth-order valence-electron chi connectivity index (χ4n) is 4.05. The van der Waals surface area contributed by atoms with Crippen molar-refractivity contribution in [2.24, 2.45) is 17.3 Å². The molecule has 0 unspecified atom stereocenters. The Balaban J connectivity index is 2.11. The third kappa shape index (κ3) is 3.60. The van der Waals surface area contributed by atoms with Crippen LogP contribution >= 0.6 is 0 Å². The van der Waals surface area contributed by atoms with Crippen LogP contribution in [-0.4, -0.2) is 29.8 Å². The topological polar surface area (TPSA) is 72.8 Å². The minimum absolute atomic E-state index is 0.129. The summed E-state index contributed by atoms with van der Waals surface area (Å²) in [5.74, 6) is -1.14. The van der Waals surface area contributed by atoms with Gasteiger partial charge in [0.05, 0.1) is 19.3 Å². The van der Waals surface area contributed by atoms with Gasteiger partial charge in [-0.15, -0.1) is 0 Å². The average molecular weight is 338 g/mol. The number of fused-ring (bicyclic) bond motifs is 1. The number of esters is 2. The maximum Gasteiger partial charge on any atom is 0.350 e. The molecule has 2 rings (SSSR count). The van der Waals surface area contributed by atoms with Crippen LogP contribution in [0.2, 0.25) is 0 Å². The largest absolute Gasteiger partial charge is 0.512 e. The third-order valence-electron chi connectivity index (χ3n) is 5.58. The lowest BCUT2D eigenvalue weighted by Gasteiger charge is -2.26. The zero-order valence-electron chi connectivity index (χ0n) is 15.3. The molecule has 0 amide bonds. The molecular weight excluding hydrogens is 308 g/mol. The lowest BCUT2D eigenvalue weighted by Crippen LogP contribution is -2.42. The Hall–Kier alpha value is -1.52. The van der Waals surface area contributed by atoms with Gasteiger partial charge in [-0.05, 0) is 37.2 Å². The van der Waals surface area contributed by atoms with Gasteiger partial charge in [0.25, 0.3) is 0 Å². The first kappa shape index (κ1) is 18.8. The van der Waals surface area contributed by atoms with Crippen LogP contribution in [0.15, 0.2) is 11.8 Å². The number of methoxy groups -OCH3 is 1. The number of ether oxygens (including phenoxy) is 2. The Morgan fingerprint density at radius 3 is 2.83 bits per heavy atom. The van der Waals surface area contributed by atoms with Crippen LogP contribution in [0.5, 0.6) is 0 Å². The SMILES string of the molecule is CCCCC(C)(C)CC=C(O)[C@H]1CC[C@@]2(C(=O)OC)OC(=O)C[C@H]12. The van der Waals surface area contributed by atoms with Crippen LogP contribution in [0.3, 0.4) is 0 Å². The van der Waals surface area contributed by atoms with E-state index in [0.29, 0.717) is 12.8 Å². The fraction of sp³-hybridized carbons (Fsp3) is 0.789. The Labute approximate surface area is 144 Å². The van der Waals surface area contributed by atoms with Crippen molar-refractivity contribution in [3.05, 3.63) is 11.8 Å². The van der Waals surface area contributed by atoms with Gasteiger partial charge in [0.2, 0.25) is 5.60 Å². The molecule has 1 saturated heterocycles. The molecular formula is C19H30O5. The predicted molar refractivity (Wildman–Crippen MR) is 90.3 cm³/mol. The number of rotatable bonds is 7. The second-order valence-electron chi connectivity index (χ2n) is 7.91. The predicted octanol–water partition coefficient (Wildman–Crippen LogP) is 3.92. The van der Waals surface area contributed by atoms with Gasteiger partial charge in [0.1, 0.15) is 0 Å². The normalized spacial score (nSPS) is 30.2. The van der Waals surface area contributed by atoms with Crippen molar-refractivity contribution in [1.82, 2.24) is 0 Å². The summed E-state index contributed by atoms with van der Waals surface area (Å²) in [6, 6.07) is 0. The highest BCUT2D eigenvalue weighted by molar-refractivity contribution is 5.88. The fourth-order valence-corrected chi connectivity index (χ4v) is 4.05. The molecule has 1 heterocycles. The molecule has 0 aromatic carbocycles. The van der Waals surface area contributed by atoms with Gasteiger partial charge >= 0.3 is 11.9 Å². The van der Waals surface area contributed by atoms with E-state index in [1.807, 2.05) is 6.08 Å². The van der Waals surface area contributed by atoms with Crippen LogP contribution in [0, 0.1) is 17.3 Å². The van der Waals surface area contributed by atoms with E-state index in [4.69, 9.17) is 9.47 Å². The molecule has 2 fully saturated rings. The molecule has 5 heteroatoms. The van der Waals surface area contributed by atoms with Gasteiger partial charge < -0.3 is 14.6 Å². The zero-order chi connectivity index (χ0) is 18.0. The Morgan fingerprint density at radius 2 is 2.21 bits per heavy atom. The lowest BCUT2D eigenvalue weighted by atomic mass is 9.81. The Bertz CT molecular complexity index is 522. The highest BCUT2D eigenvalue weighted by Gasteiger charge is 2.63. The maximum absolute atomic E-state index is 12.2. The molecule has 136 valence electrons. The van der Waals surface area contributed by atoms with E-state index in [0.717, 1.165) is 19.3 Å². The van der Waals surface area contributed by atoms with Crippen molar-refractivity contribution >= 4 is 11.9 Å². The molecule has 5 nitrogen and oxygen atoms in total. The van der Waals surface area contributed by atoms with Crippen LogP contribution < -0.4 is 0 Å². The number of aliphatic hydroxyl groups is 1. The molecule has 1 N–H and O–H groups in total. The van der Waals surface area contributed by atoms with Crippen LogP contribution in [0.25, 0.3) is 0 Å². The van der Waals surface area contributed by atoms with E-state index in [1.54, 1.807) is 0 Å². The Kier molecular flexibility index (Phi) is 5.61. The summed E-state index contributed by atoms with van der Waals surface area (Å²) in [6.45, 7) is 6.56. The van der Waals surface area contributed by atoms with Gasteiger partial charge in [0.15, 0.2) is 0 Å². The quantitative estimate of drug-likeness (QED) is 0.562. The van der Waals surface area contributed by atoms with Crippen molar-refractivity contribution in [3.8, 4) is 0 Å². The van der Waals surface area contributed by atoms with E-state index in [2.05, 4.69) is 20.8 Å². The first-order chi connectivity index (χ1) is 11.3. The molecule has 0 spiro atoms. The third-order valence-corrected chi connectivity index (χ3v) is 5.58. The number of hydrogen-bond acceptors (Lipinski definition) is 5. The van der Waals surface area contributed by atoms with Gasteiger partial charge in [0, 0.05) is 11.8 Å². The molecule has 0 aromatic rings. The number of carbonyl (C=O) groups excluding carboxylic acids is 2. The first-order valence-corrected chi connectivity index (χ1v) is 8.95. The molecule has 3 atom stereocenters.